The summed E-state index contributed by atoms with van der Waals surface area (Å²) in [4.78, 5) is 28.9. The van der Waals surface area contributed by atoms with Crippen LogP contribution in [0.4, 0.5) is 5.69 Å². The number of fused-ring (bicyclic) bond motifs is 2. The predicted molar refractivity (Wildman–Crippen MR) is 127 cm³/mol. The number of aromatic nitrogens is 2. The maximum atomic E-state index is 13.0. The lowest BCUT2D eigenvalue weighted by Gasteiger charge is -2.10. The Morgan fingerprint density at radius 2 is 1.58 bits per heavy atom. The molecule has 0 aliphatic heterocycles. The lowest BCUT2D eigenvalue weighted by atomic mass is 10.1. The average Bonchev–Trinajstić information content (AvgIpc) is 2.79. The van der Waals surface area contributed by atoms with E-state index in [4.69, 9.17) is 12.2 Å². The molecule has 4 aromatic carbocycles. The van der Waals surface area contributed by atoms with Crippen molar-refractivity contribution in [1.29, 1.82) is 0 Å². The average molecular weight is 423 g/mol. The van der Waals surface area contributed by atoms with Crippen molar-refractivity contribution in [2.24, 2.45) is 0 Å². The molecule has 0 fully saturated rings. The van der Waals surface area contributed by atoms with E-state index in [9.17, 15) is 9.59 Å². The summed E-state index contributed by atoms with van der Waals surface area (Å²) in [6.45, 7) is 0. The molecule has 150 valence electrons. The molecule has 0 aliphatic rings. The van der Waals surface area contributed by atoms with E-state index in [0.717, 1.165) is 10.8 Å². The molecule has 0 spiro atoms. The highest BCUT2D eigenvalue weighted by Crippen LogP contribution is 2.20. The standard InChI is InChI=1S/C25H17N3O2S/c29-23(26-19-12-10-16-6-4-5-7-17(16)14-19)18-11-13-21-22(15-18)27-25(31)28(24(21)30)20-8-2-1-3-9-20/h1-15H,(H,26,29)(H,27,31). The Morgan fingerprint density at radius 3 is 2.39 bits per heavy atom. The van der Waals surface area contributed by atoms with Crippen LogP contribution in [0.1, 0.15) is 10.4 Å². The minimum atomic E-state index is -0.260. The minimum Gasteiger partial charge on any atom is -0.331 e. The maximum absolute atomic E-state index is 13.0. The number of carbonyl (C=O) groups excluding carboxylic acids is 1. The van der Waals surface area contributed by atoms with Gasteiger partial charge in [0.15, 0.2) is 4.77 Å². The molecule has 6 heteroatoms. The number of hydrogen-bond donors (Lipinski definition) is 2. The third-order valence-electron chi connectivity index (χ3n) is 5.18. The highest BCUT2D eigenvalue weighted by atomic mass is 32.1. The Bertz CT molecular complexity index is 1570. The number of benzene rings is 4. The second-order valence-corrected chi connectivity index (χ2v) is 7.57. The first-order valence-electron chi connectivity index (χ1n) is 9.75. The van der Waals surface area contributed by atoms with Gasteiger partial charge in [-0.05, 0) is 65.5 Å². The summed E-state index contributed by atoms with van der Waals surface area (Å²) in [7, 11) is 0. The van der Waals surface area contributed by atoms with E-state index >= 15 is 0 Å². The van der Waals surface area contributed by atoms with Crippen LogP contribution in [0.5, 0.6) is 0 Å². The Morgan fingerprint density at radius 1 is 0.839 bits per heavy atom. The van der Waals surface area contributed by atoms with E-state index in [1.165, 1.54) is 4.57 Å². The summed E-state index contributed by atoms with van der Waals surface area (Å²) in [5.41, 5.74) is 2.12. The fourth-order valence-electron chi connectivity index (χ4n) is 3.64. The van der Waals surface area contributed by atoms with Gasteiger partial charge in [0.25, 0.3) is 11.5 Å². The summed E-state index contributed by atoms with van der Waals surface area (Å²) in [6.07, 6.45) is 0. The van der Waals surface area contributed by atoms with Crippen LogP contribution in [0.3, 0.4) is 0 Å². The Labute approximate surface area is 182 Å². The van der Waals surface area contributed by atoms with Gasteiger partial charge in [-0.3, -0.25) is 14.2 Å². The van der Waals surface area contributed by atoms with Gasteiger partial charge < -0.3 is 10.3 Å². The third kappa shape index (κ3) is 3.53. The highest BCUT2D eigenvalue weighted by Gasteiger charge is 2.12. The number of carbonyl (C=O) groups is 1. The Hall–Kier alpha value is -4.03. The predicted octanol–water partition coefficient (Wildman–Crippen LogP) is 5.45. The van der Waals surface area contributed by atoms with Gasteiger partial charge in [-0.25, -0.2) is 0 Å². The number of nitrogens with zero attached hydrogens (tertiary/aromatic N) is 1. The Kier molecular flexibility index (Phi) is 4.69. The minimum absolute atomic E-state index is 0.230. The lowest BCUT2D eigenvalue weighted by Crippen LogP contribution is -2.21. The van der Waals surface area contributed by atoms with Gasteiger partial charge in [0, 0.05) is 11.3 Å². The number of anilines is 1. The number of para-hydroxylation sites is 1. The third-order valence-corrected chi connectivity index (χ3v) is 5.47. The second kappa shape index (κ2) is 7.66. The topological polar surface area (TPSA) is 66.9 Å². The number of rotatable bonds is 3. The van der Waals surface area contributed by atoms with E-state index in [1.54, 1.807) is 18.2 Å². The summed E-state index contributed by atoms with van der Waals surface area (Å²) in [5, 5.41) is 5.53. The SMILES string of the molecule is O=C(Nc1ccc2ccccc2c1)c1ccc2c(=O)n(-c3ccccc3)c(=S)[nH]c2c1. The molecule has 1 amide bonds. The van der Waals surface area contributed by atoms with Crippen molar-refractivity contribution in [2.45, 2.75) is 0 Å². The van der Waals surface area contributed by atoms with Crippen molar-refractivity contribution < 1.29 is 4.79 Å². The maximum Gasteiger partial charge on any atom is 0.266 e. The monoisotopic (exact) mass is 423 g/mol. The molecule has 0 bridgehead atoms. The fraction of sp³-hybridized carbons (Fsp3) is 0. The molecule has 0 saturated carbocycles. The normalized spacial score (nSPS) is 11.0. The van der Waals surface area contributed by atoms with E-state index in [0.29, 0.717) is 27.8 Å². The highest BCUT2D eigenvalue weighted by molar-refractivity contribution is 7.71. The Balaban J connectivity index is 1.51. The van der Waals surface area contributed by atoms with Gasteiger partial charge in [0.05, 0.1) is 16.6 Å². The van der Waals surface area contributed by atoms with Gasteiger partial charge in [-0.15, -0.1) is 0 Å². The van der Waals surface area contributed by atoms with Crippen LogP contribution in [-0.4, -0.2) is 15.5 Å². The number of aromatic amines is 1. The molecular weight excluding hydrogens is 406 g/mol. The largest absolute Gasteiger partial charge is 0.331 e. The molecule has 1 aromatic heterocycles. The van der Waals surface area contributed by atoms with E-state index < -0.39 is 0 Å². The van der Waals surface area contributed by atoms with E-state index in [-0.39, 0.29) is 16.2 Å². The summed E-state index contributed by atoms with van der Waals surface area (Å²) in [5.74, 6) is -0.260. The van der Waals surface area contributed by atoms with Crippen molar-refractivity contribution in [3.63, 3.8) is 0 Å². The quantitative estimate of drug-likeness (QED) is 0.379. The molecule has 0 unspecified atom stereocenters. The van der Waals surface area contributed by atoms with Crippen molar-refractivity contribution in [2.75, 3.05) is 5.32 Å². The summed E-state index contributed by atoms with van der Waals surface area (Å²) >= 11 is 5.41. The molecule has 0 saturated heterocycles. The first-order valence-corrected chi connectivity index (χ1v) is 10.2. The molecule has 0 aliphatic carbocycles. The summed E-state index contributed by atoms with van der Waals surface area (Å²) < 4.78 is 1.72. The van der Waals surface area contributed by atoms with Gasteiger partial charge in [-0.2, -0.15) is 0 Å². The van der Waals surface area contributed by atoms with Crippen molar-refractivity contribution in [1.82, 2.24) is 9.55 Å². The molecule has 5 rings (SSSR count). The van der Waals surface area contributed by atoms with Gasteiger partial charge in [0.1, 0.15) is 0 Å². The van der Waals surface area contributed by atoms with Crippen molar-refractivity contribution in [3.8, 4) is 5.69 Å². The zero-order chi connectivity index (χ0) is 21.4. The zero-order valence-electron chi connectivity index (χ0n) is 16.3. The van der Waals surface area contributed by atoms with Crippen LogP contribution in [0.2, 0.25) is 0 Å². The van der Waals surface area contributed by atoms with Gasteiger partial charge in [-0.1, -0.05) is 48.5 Å². The molecule has 0 atom stereocenters. The smallest absolute Gasteiger partial charge is 0.266 e. The first kappa shape index (κ1) is 19.0. The van der Waals surface area contributed by atoms with Crippen molar-refractivity contribution >= 4 is 45.5 Å². The van der Waals surface area contributed by atoms with E-state index in [1.807, 2.05) is 72.8 Å². The number of amides is 1. The lowest BCUT2D eigenvalue weighted by molar-refractivity contribution is 0.102. The number of H-pyrrole nitrogens is 1. The van der Waals surface area contributed by atoms with Crippen LogP contribution in [-0.2, 0) is 0 Å². The summed E-state index contributed by atoms with van der Waals surface area (Å²) in [6, 6.07) is 27.9. The van der Waals surface area contributed by atoms with Gasteiger partial charge in [0.2, 0.25) is 0 Å². The number of hydrogen-bond acceptors (Lipinski definition) is 3. The number of nitrogens with one attached hydrogen (secondary N) is 2. The molecule has 1 heterocycles. The van der Waals surface area contributed by atoms with E-state index in [2.05, 4.69) is 10.3 Å². The fourth-order valence-corrected chi connectivity index (χ4v) is 3.94. The first-order chi connectivity index (χ1) is 15.1. The molecule has 31 heavy (non-hydrogen) atoms. The van der Waals surface area contributed by atoms with Crippen LogP contribution >= 0.6 is 12.2 Å². The zero-order valence-corrected chi connectivity index (χ0v) is 17.1. The van der Waals surface area contributed by atoms with Crippen LogP contribution in [0, 0.1) is 4.77 Å². The van der Waals surface area contributed by atoms with Crippen LogP contribution < -0.4 is 10.9 Å². The second-order valence-electron chi connectivity index (χ2n) is 7.18. The van der Waals surface area contributed by atoms with Crippen LogP contribution in [0.25, 0.3) is 27.4 Å². The molecule has 2 N–H and O–H groups in total. The molecular formula is C25H17N3O2S. The van der Waals surface area contributed by atoms with Gasteiger partial charge >= 0.3 is 0 Å². The molecule has 5 aromatic rings. The van der Waals surface area contributed by atoms with Crippen molar-refractivity contribution in [3.05, 3.63) is 112 Å². The molecule has 0 radical (unpaired) electrons. The van der Waals surface area contributed by atoms with Crippen LogP contribution in [0.15, 0.2) is 95.8 Å². The molecule has 5 nitrogen and oxygen atoms in total.